The summed E-state index contributed by atoms with van der Waals surface area (Å²) < 4.78 is 0. The molecule has 0 saturated carbocycles. The van der Waals surface area contributed by atoms with E-state index in [-0.39, 0.29) is 5.92 Å². The highest BCUT2D eigenvalue weighted by Crippen LogP contribution is 2.25. The lowest BCUT2D eigenvalue weighted by molar-refractivity contribution is -0.142. The molecular formula is C25H26O2. The number of hydrogen-bond donors (Lipinski definition) is 1. The molecule has 138 valence electrons. The quantitative estimate of drug-likeness (QED) is 0.554. The van der Waals surface area contributed by atoms with Crippen LogP contribution in [0.2, 0.25) is 0 Å². The van der Waals surface area contributed by atoms with E-state index >= 15 is 0 Å². The molecule has 1 N–H and O–H groups in total. The lowest BCUT2D eigenvalue weighted by atomic mass is 9.83. The molecule has 0 radical (unpaired) electrons. The maximum Gasteiger partial charge on any atom is 0.306 e. The van der Waals surface area contributed by atoms with E-state index in [2.05, 4.69) is 24.3 Å². The highest BCUT2D eigenvalue weighted by atomic mass is 16.4. The summed E-state index contributed by atoms with van der Waals surface area (Å²) in [6.07, 6.45) is 3.05. The maximum atomic E-state index is 11.9. The number of carbonyl (C=O) groups is 1. The zero-order valence-corrected chi connectivity index (χ0v) is 15.5. The van der Waals surface area contributed by atoms with Gasteiger partial charge in [-0.05, 0) is 48.3 Å². The van der Waals surface area contributed by atoms with Crippen LogP contribution in [0.3, 0.4) is 0 Å². The third-order valence-electron chi connectivity index (χ3n) is 5.03. The van der Waals surface area contributed by atoms with Crippen molar-refractivity contribution in [3.05, 3.63) is 108 Å². The smallest absolute Gasteiger partial charge is 0.306 e. The SMILES string of the molecule is O=C(O)C(Cc1ccccc1)CC(Cc1ccccc1)Cc1ccccc1. The van der Waals surface area contributed by atoms with E-state index in [9.17, 15) is 9.90 Å². The Balaban J connectivity index is 1.76. The van der Waals surface area contributed by atoms with E-state index in [4.69, 9.17) is 0 Å². The number of carboxylic acids is 1. The van der Waals surface area contributed by atoms with E-state index in [0.717, 1.165) is 18.4 Å². The van der Waals surface area contributed by atoms with Crippen molar-refractivity contribution in [2.45, 2.75) is 25.7 Å². The molecule has 2 nitrogen and oxygen atoms in total. The summed E-state index contributed by atoms with van der Waals surface area (Å²) in [6, 6.07) is 30.7. The summed E-state index contributed by atoms with van der Waals surface area (Å²) in [5.41, 5.74) is 3.62. The van der Waals surface area contributed by atoms with Crippen LogP contribution in [0.1, 0.15) is 23.1 Å². The molecule has 3 aromatic rings. The first kappa shape index (κ1) is 18.9. The number of benzene rings is 3. The van der Waals surface area contributed by atoms with Gasteiger partial charge in [0.25, 0.3) is 0 Å². The molecule has 0 heterocycles. The van der Waals surface area contributed by atoms with Crippen LogP contribution in [0.5, 0.6) is 0 Å². The fourth-order valence-corrected chi connectivity index (χ4v) is 3.71. The van der Waals surface area contributed by atoms with Crippen LogP contribution < -0.4 is 0 Å². The molecule has 0 aliphatic heterocycles. The summed E-state index contributed by atoms with van der Waals surface area (Å²) >= 11 is 0. The molecule has 0 aliphatic carbocycles. The number of aliphatic carboxylic acids is 1. The van der Waals surface area contributed by atoms with Gasteiger partial charge in [-0.2, -0.15) is 0 Å². The maximum absolute atomic E-state index is 11.9. The molecule has 0 spiro atoms. The van der Waals surface area contributed by atoms with Gasteiger partial charge in [-0.3, -0.25) is 4.79 Å². The number of rotatable bonds is 9. The Kier molecular flexibility index (Phi) is 6.81. The summed E-state index contributed by atoms with van der Waals surface area (Å²) in [4.78, 5) is 11.9. The number of carboxylic acid groups (broad SMARTS) is 1. The minimum absolute atomic E-state index is 0.291. The first-order chi connectivity index (χ1) is 13.2. The topological polar surface area (TPSA) is 37.3 Å². The first-order valence-electron chi connectivity index (χ1n) is 9.55. The molecule has 3 aromatic carbocycles. The van der Waals surface area contributed by atoms with Crippen LogP contribution in [0.4, 0.5) is 0 Å². The second-order valence-electron chi connectivity index (χ2n) is 7.21. The third-order valence-corrected chi connectivity index (χ3v) is 5.03. The first-order valence-corrected chi connectivity index (χ1v) is 9.55. The van der Waals surface area contributed by atoms with Gasteiger partial charge in [0.15, 0.2) is 0 Å². The van der Waals surface area contributed by atoms with E-state index in [1.807, 2.05) is 66.7 Å². The Morgan fingerprint density at radius 2 is 1.00 bits per heavy atom. The molecule has 0 fully saturated rings. The van der Waals surface area contributed by atoms with Crippen LogP contribution in [0.25, 0.3) is 0 Å². The van der Waals surface area contributed by atoms with Crippen molar-refractivity contribution in [2.75, 3.05) is 0 Å². The Morgan fingerprint density at radius 1 is 0.630 bits per heavy atom. The van der Waals surface area contributed by atoms with Gasteiger partial charge in [-0.25, -0.2) is 0 Å². The number of hydrogen-bond acceptors (Lipinski definition) is 1. The van der Waals surface area contributed by atoms with Crippen molar-refractivity contribution in [3.63, 3.8) is 0 Å². The van der Waals surface area contributed by atoms with Crippen molar-refractivity contribution in [3.8, 4) is 0 Å². The van der Waals surface area contributed by atoms with Gasteiger partial charge in [-0.15, -0.1) is 0 Å². The van der Waals surface area contributed by atoms with Crippen molar-refractivity contribution in [2.24, 2.45) is 11.8 Å². The second kappa shape index (κ2) is 9.72. The zero-order valence-electron chi connectivity index (χ0n) is 15.5. The third kappa shape index (κ3) is 6.10. The lowest BCUT2D eigenvalue weighted by Gasteiger charge is -2.22. The monoisotopic (exact) mass is 358 g/mol. The molecule has 1 unspecified atom stereocenters. The van der Waals surface area contributed by atoms with Crippen LogP contribution in [0, 0.1) is 11.8 Å². The molecule has 3 rings (SSSR count). The fourth-order valence-electron chi connectivity index (χ4n) is 3.71. The predicted octanol–water partition coefficient (Wildman–Crippen LogP) is 5.42. The van der Waals surface area contributed by atoms with Crippen molar-refractivity contribution < 1.29 is 9.90 Å². The van der Waals surface area contributed by atoms with E-state index in [1.54, 1.807) is 0 Å². The van der Waals surface area contributed by atoms with Gasteiger partial charge in [0.1, 0.15) is 0 Å². The van der Waals surface area contributed by atoms with Gasteiger partial charge < -0.3 is 5.11 Å². The van der Waals surface area contributed by atoms with E-state index in [0.29, 0.717) is 18.8 Å². The average Bonchev–Trinajstić information content (AvgIpc) is 2.70. The van der Waals surface area contributed by atoms with E-state index in [1.165, 1.54) is 11.1 Å². The lowest BCUT2D eigenvalue weighted by Crippen LogP contribution is -2.22. The Labute approximate surface area is 161 Å². The molecule has 2 heteroatoms. The van der Waals surface area contributed by atoms with Crippen LogP contribution >= 0.6 is 0 Å². The minimum atomic E-state index is -0.704. The summed E-state index contributed by atoms with van der Waals surface area (Å²) in [5.74, 6) is -0.783. The largest absolute Gasteiger partial charge is 0.481 e. The molecule has 0 amide bonds. The van der Waals surface area contributed by atoms with Crippen LogP contribution in [-0.4, -0.2) is 11.1 Å². The zero-order chi connectivity index (χ0) is 18.9. The minimum Gasteiger partial charge on any atom is -0.481 e. The molecule has 1 atom stereocenters. The second-order valence-corrected chi connectivity index (χ2v) is 7.21. The van der Waals surface area contributed by atoms with E-state index < -0.39 is 5.97 Å². The van der Waals surface area contributed by atoms with Crippen molar-refractivity contribution >= 4 is 5.97 Å². The van der Waals surface area contributed by atoms with Gasteiger partial charge >= 0.3 is 5.97 Å². The van der Waals surface area contributed by atoms with Crippen molar-refractivity contribution in [1.29, 1.82) is 0 Å². The van der Waals surface area contributed by atoms with Gasteiger partial charge in [0.2, 0.25) is 0 Å². The van der Waals surface area contributed by atoms with Gasteiger partial charge in [-0.1, -0.05) is 91.0 Å². The molecule has 0 aromatic heterocycles. The Morgan fingerprint density at radius 3 is 1.37 bits per heavy atom. The van der Waals surface area contributed by atoms with Crippen molar-refractivity contribution in [1.82, 2.24) is 0 Å². The highest BCUT2D eigenvalue weighted by Gasteiger charge is 2.23. The predicted molar refractivity (Wildman–Crippen MR) is 110 cm³/mol. The Hall–Kier alpha value is -2.87. The Bertz CT molecular complexity index is 771. The van der Waals surface area contributed by atoms with Crippen LogP contribution in [-0.2, 0) is 24.1 Å². The summed E-state index contributed by atoms with van der Waals surface area (Å²) in [7, 11) is 0. The van der Waals surface area contributed by atoms with Gasteiger partial charge in [0, 0.05) is 0 Å². The fraction of sp³-hybridized carbons (Fsp3) is 0.240. The van der Waals surface area contributed by atoms with Gasteiger partial charge in [0.05, 0.1) is 5.92 Å². The summed E-state index contributed by atoms with van der Waals surface area (Å²) in [5, 5.41) is 9.82. The van der Waals surface area contributed by atoms with Crippen LogP contribution in [0.15, 0.2) is 91.0 Å². The molecule has 0 saturated heterocycles. The highest BCUT2D eigenvalue weighted by molar-refractivity contribution is 5.70. The standard InChI is InChI=1S/C25H26O2/c26-25(27)24(18-22-14-8-3-9-15-22)19-23(16-20-10-4-1-5-11-20)17-21-12-6-2-7-13-21/h1-15,23-24H,16-19H2,(H,26,27). The summed E-state index contributed by atoms with van der Waals surface area (Å²) in [6.45, 7) is 0. The normalized spacial score (nSPS) is 12.0. The molecule has 27 heavy (non-hydrogen) atoms. The molecule has 0 aliphatic rings. The average molecular weight is 358 g/mol. The molecular weight excluding hydrogens is 332 g/mol. The molecule has 0 bridgehead atoms.